The summed E-state index contributed by atoms with van der Waals surface area (Å²) in [5.41, 5.74) is 2.52. The van der Waals surface area contributed by atoms with Crippen LogP contribution in [0, 0.1) is 5.92 Å². The molecule has 1 saturated carbocycles. The van der Waals surface area contributed by atoms with Gasteiger partial charge in [0, 0.05) is 43.2 Å². The molecule has 2 aromatic carbocycles. The van der Waals surface area contributed by atoms with Gasteiger partial charge in [-0.25, -0.2) is 0 Å². The number of ketones is 1. The van der Waals surface area contributed by atoms with E-state index < -0.39 is 0 Å². The van der Waals surface area contributed by atoms with Crippen LogP contribution >= 0.6 is 0 Å². The minimum absolute atomic E-state index is 0.284. The largest absolute Gasteiger partial charge is 0.349 e. The molecule has 1 saturated heterocycles. The van der Waals surface area contributed by atoms with Crippen LogP contribution in [0.15, 0.2) is 60.7 Å². The Morgan fingerprint density at radius 2 is 1.30 bits per heavy atom. The van der Waals surface area contributed by atoms with E-state index in [0.29, 0.717) is 11.7 Å². The summed E-state index contributed by atoms with van der Waals surface area (Å²) in [6.07, 6.45) is 2.76. The second-order valence-corrected chi connectivity index (χ2v) is 6.51. The summed E-state index contributed by atoms with van der Waals surface area (Å²) in [5.74, 6) is 0.841. The second-order valence-electron chi connectivity index (χ2n) is 6.51. The molecule has 0 bridgehead atoms. The number of rotatable bonds is 3. The zero-order chi connectivity index (χ0) is 15.6. The average Bonchev–Trinajstić information content (AvgIpc) is 3.22. The highest BCUT2D eigenvalue weighted by molar-refractivity contribution is 5.81. The molecule has 0 radical (unpaired) electrons. The SMILES string of the molecule is O=C1CCC(C2N(c3ccccc3)CCN2c2ccccc2)C1. The number of carbonyl (C=O) groups excluding carboxylic acids is 1. The Kier molecular flexibility index (Phi) is 3.78. The van der Waals surface area contributed by atoms with Crippen LogP contribution in [0.4, 0.5) is 11.4 Å². The van der Waals surface area contributed by atoms with Crippen LogP contribution in [-0.2, 0) is 4.79 Å². The molecule has 1 unspecified atom stereocenters. The van der Waals surface area contributed by atoms with E-state index in [0.717, 1.165) is 32.4 Å². The molecule has 3 nitrogen and oxygen atoms in total. The summed E-state index contributed by atoms with van der Waals surface area (Å²) in [6.45, 7) is 2.02. The van der Waals surface area contributed by atoms with Crippen molar-refractivity contribution < 1.29 is 4.79 Å². The van der Waals surface area contributed by atoms with Gasteiger partial charge in [0.05, 0.1) is 0 Å². The molecule has 23 heavy (non-hydrogen) atoms. The molecule has 0 aromatic heterocycles. The van der Waals surface area contributed by atoms with E-state index in [1.807, 2.05) is 0 Å². The molecule has 4 rings (SSSR count). The van der Waals surface area contributed by atoms with Crippen LogP contribution < -0.4 is 9.80 Å². The van der Waals surface area contributed by atoms with Crippen molar-refractivity contribution >= 4 is 17.2 Å². The van der Waals surface area contributed by atoms with Gasteiger partial charge in [-0.2, -0.15) is 0 Å². The number of para-hydroxylation sites is 2. The third kappa shape index (κ3) is 2.72. The normalized spacial score (nSPS) is 22.1. The van der Waals surface area contributed by atoms with Crippen molar-refractivity contribution in [2.24, 2.45) is 5.92 Å². The van der Waals surface area contributed by atoms with Crippen LogP contribution in [0.1, 0.15) is 19.3 Å². The molecule has 1 heterocycles. The van der Waals surface area contributed by atoms with Gasteiger partial charge in [0.15, 0.2) is 0 Å². The topological polar surface area (TPSA) is 23.6 Å². The molecule has 2 aliphatic rings. The van der Waals surface area contributed by atoms with E-state index in [-0.39, 0.29) is 6.17 Å². The molecule has 0 amide bonds. The highest BCUT2D eigenvalue weighted by atomic mass is 16.1. The van der Waals surface area contributed by atoms with E-state index in [9.17, 15) is 4.79 Å². The van der Waals surface area contributed by atoms with E-state index in [2.05, 4.69) is 70.5 Å². The lowest BCUT2D eigenvalue weighted by molar-refractivity contribution is -0.117. The van der Waals surface area contributed by atoms with E-state index >= 15 is 0 Å². The highest BCUT2D eigenvalue weighted by Gasteiger charge is 2.41. The molecular formula is C20H22N2O. The molecule has 2 fully saturated rings. The molecule has 0 spiro atoms. The maximum atomic E-state index is 11.9. The number of anilines is 2. The van der Waals surface area contributed by atoms with Gasteiger partial charge in [0.1, 0.15) is 11.9 Å². The number of hydrogen-bond acceptors (Lipinski definition) is 3. The van der Waals surface area contributed by atoms with Crippen LogP contribution in [0.2, 0.25) is 0 Å². The summed E-state index contributed by atoms with van der Waals surface area (Å²) < 4.78 is 0. The fourth-order valence-corrected chi connectivity index (χ4v) is 4.06. The third-order valence-corrected chi connectivity index (χ3v) is 5.10. The Morgan fingerprint density at radius 1 is 0.783 bits per heavy atom. The summed E-state index contributed by atoms with van der Waals surface area (Å²) in [7, 11) is 0. The Balaban J connectivity index is 1.69. The number of Topliss-reactive ketones (excluding diaryl/α,β-unsaturated/α-hetero) is 1. The van der Waals surface area contributed by atoms with Crippen LogP contribution in [-0.4, -0.2) is 25.0 Å². The van der Waals surface area contributed by atoms with E-state index in [4.69, 9.17) is 0 Å². The maximum Gasteiger partial charge on any atom is 0.133 e. The minimum Gasteiger partial charge on any atom is -0.349 e. The molecule has 1 aliphatic heterocycles. The van der Waals surface area contributed by atoms with Gasteiger partial charge < -0.3 is 9.80 Å². The van der Waals surface area contributed by atoms with Gasteiger partial charge in [-0.05, 0) is 30.7 Å². The van der Waals surface area contributed by atoms with Crippen molar-refractivity contribution in [2.45, 2.75) is 25.4 Å². The minimum atomic E-state index is 0.284. The predicted molar refractivity (Wildman–Crippen MR) is 93.7 cm³/mol. The Labute approximate surface area is 137 Å². The van der Waals surface area contributed by atoms with Crippen molar-refractivity contribution in [2.75, 3.05) is 22.9 Å². The molecule has 1 atom stereocenters. The van der Waals surface area contributed by atoms with Crippen LogP contribution in [0.3, 0.4) is 0 Å². The summed E-state index contributed by atoms with van der Waals surface area (Å²) in [4.78, 5) is 16.8. The predicted octanol–water partition coefficient (Wildman–Crippen LogP) is 3.71. The number of hydrogen-bond donors (Lipinski definition) is 0. The monoisotopic (exact) mass is 306 g/mol. The first-order chi connectivity index (χ1) is 11.3. The van der Waals surface area contributed by atoms with Gasteiger partial charge in [0.25, 0.3) is 0 Å². The lowest BCUT2D eigenvalue weighted by Crippen LogP contribution is -2.44. The molecular weight excluding hydrogens is 284 g/mol. The van der Waals surface area contributed by atoms with Gasteiger partial charge >= 0.3 is 0 Å². The fraction of sp³-hybridized carbons (Fsp3) is 0.350. The lowest BCUT2D eigenvalue weighted by Gasteiger charge is -2.36. The molecule has 118 valence electrons. The maximum absolute atomic E-state index is 11.9. The van der Waals surface area contributed by atoms with Crippen molar-refractivity contribution in [1.29, 1.82) is 0 Å². The van der Waals surface area contributed by atoms with Crippen LogP contribution in [0.25, 0.3) is 0 Å². The zero-order valence-electron chi connectivity index (χ0n) is 13.3. The fourth-order valence-electron chi connectivity index (χ4n) is 4.06. The van der Waals surface area contributed by atoms with E-state index in [1.165, 1.54) is 11.4 Å². The van der Waals surface area contributed by atoms with Crippen molar-refractivity contribution in [3.8, 4) is 0 Å². The summed E-state index contributed by atoms with van der Waals surface area (Å²) >= 11 is 0. The number of nitrogens with zero attached hydrogens (tertiary/aromatic N) is 2. The van der Waals surface area contributed by atoms with Gasteiger partial charge in [-0.1, -0.05) is 36.4 Å². The Hall–Kier alpha value is -2.29. The highest BCUT2D eigenvalue weighted by Crippen LogP contribution is 2.37. The van der Waals surface area contributed by atoms with Crippen molar-refractivity contribution in [3.05, 3.63) is 60.7 Å². The molecule has 0 N–H and O–H groups in total. The first-order valence-electron chi connectivity index (χ1n) is 8.48. The number of benzene rings is 2. The summed E-state index contributed by atoms with van der Waals surface area (Å²) in [6, 6.07) is 21.2. The molecule has 1 aliphatic carbocycles. The second kappa shape index (κ2) is 6.07. The van der Waals surface area contributed by atoms with Gasteiger partial charge in [-0.3, -0.25) is 4.79 Å². The molecule has 3 heteroatoms. The van der Waals surface area contributed by atoms with Gasteiger partial charge in [0.2, 0.25) is 0 Å². The standard InChI is InChI=1S/C20H22N2O/c23-19-12-11-16(15-19)20-21(17-7-3-1-4-8-17)13-14-22(20)18-9-5-2-6-10-18/h1-10,16,20H,11-15H2. The number of carbonyl (C=O) groups is 1. The zero-order valence-corrected chi connectivity index (χ0v) is 13.3. The average molecular weight is 306 g/mol. The van der Waals surface area contributed by atoms with Crippen LogP contribution in [0.5, 0.6) is 0 Å². The third-order valence-electron chi connectivity index (χ3n) is 5.10. The Morgan fingerprint density at radius 3 is 1.74 bits per heavy atom. The quantitative estimate of drug-likeness (QED) is 0.863. The van der Waals surface area contributed by atoms with Crippen molar-refractivity contribution in [3.63, 3.8) is 0 Å². The smallest absolute Gasteiger partial charge is 0.133 e. The first-order valence-corrected chi connectivity index (χ1v) is 8.48. The lowest BCUT2D eigenvalue weighted by atomic mass is 10.0. The van der Waals surface area contributed by atoms with Gasteiger partial charge in [-0.15, -0.1) is 0 Å². The van der Waals surface area contributed by atoms with E-state index in [1.54, 1.807) is 0 Å². The van der Waals surface area contributed by atoms with Crippen molar-refractivity contribution in [1.82, 2.24) is 0 Å². The Bertz CT molecular complexity index is 623. The first kappa shape index (κ1) is 14.3. The molecule has 2 aromatic rings. The summed E-state index contributed by atoms with van der Waals surface area (Å²) in [5, 5.41) is 0.